The van der Waals surface area contributed by atoms with Crippen LogP contribution < -0.4 is 0 Å². The Morgan fingerprint density at radius 3 is 2.52 bits per heavy atom. The molecule has 1 aromatic heterocycles. The van der Waals surface area contributed by atoms with Gasteiger partial charge in [-0.25, -0.2) is 4.68 Å². The number of benzene rings is 1. The zero-order valence-corrected chi connectivity index (χ0v) is 13.8. The Morgan fingerprint density at radius 2 is 1.87 bits per heavy atom. The standard InChI is InChI=1S/C18H26N4O/c1-2-17(15-23)21-10-8-20(9-11-21)13-16-12-19-22(14-16)18-6-4-3-5-7-18/h3-7,12,14,17,23H,2,8-11,13,15H2,1H3. The van der Waals surface area contributed by atoms with E-state index in [0.717, 1.165) is 44.8 Å². The highest BCUT2D eigenvalue weighted by atomic mass is 16.3. The molecule has 1 saturated heterocycles. The molecule has 1 fully saturated rings. The average Bonchev–Trinajstić information content (AvgIpc) is 3.07. The molecule has 2 heterocycles. The maximum absolute atomic E-state index is 9.42. The smallest absolute Gasteiger partial charge is 0.0645 e. The van der Waals surface area contributed by atoms with Gasteiger partial charge in [0.15, 0.2) is 0 Å². The van der Waals surface area contributed by atoms with Gasteiger partial charge < -0.3 is 5.11 Å². The topological polar surface area (TPSA) is 44.5 Å². The molecule has 1 aromatic carbocycles. The Morgan fingerprint density at radius 1 is 1.13 bits per heavy atom. The number of hydrogen-bond acceptors (Lipinski definition) is 4. The first kappa shape index (κ1) is 16.2. The van der Waals surface area contributed by atoms with Crippen molar-refractivity contribution in [2.24, 2.45) is 0 Å². The van der Waals surface area contributed by atoms with E-state index in [9.17, 15) is 5.11 Å². The van der Waals surface area contributed by atoms with Crippen LogP contribution in [0.5, 0.6) is 0 Å². The minimum atomic E-state index is 0.264. The van der Waals surface area contributed by atoms with Crippen LogP contribution in [0.4, 0.5) is 0 Å². The lowest BCUT2D eigenvalue weighted by Gasteiger charge is -2.38. The van der Waals surface area contributed by atoms with E-state index >= 15 is 0 Å². The van der Waals surface area contributed by atoms with Crippen molar-refractivity contribution in [2.45, 2.75) is 25.9 Å². The van der Waals surface area contributed by atoms with E-state index < -0.39 is 0 Å². The lowest BCUT2D eigenvalue weighted by Crippen LogP contribution is -2.50. The maximum atomic E-state index is 9.42. The van der Waals surface area contributed by atoms with Gasteiger partial charge in [0.2, 0.25) is 0 Å². The minimum absolute atomic E-state index is 0.264. The number of hydrogen-bond donors (Lipinski definition) is 1. The first-order chi connectivity index (χ1) is 11.3. The van der Waals surface area contributed by atoms with Crippen LogP contribution in [-0.4, -0.2) is 63.5 Å². The molecule has 3 rings (SSSR count). The van der Waals surface area contributed by atoms with Gasteiger partial charge in [-0.2, -0.15) is 5.10 Å². The van der Waals surface area contributed by atoms with Gasteiger partial charge in [-0.3, -0.25) is 9.80 Å². The summed E-state index contributed by atoms with van der Waals surface area (Å²) in [6.45, 7) is 7.51. The van der Waals surface area contributed by atoms with Crippen molar-refractivity contribution in [1.29, 1.82) is 0 Å². The number of aliphatic hydroxyl groups is 1. The molecule has 124 valence electrons. The second-order valence-electron chi connectivity index (χ2n) is 6.19. The zero-order valence-electron chi connectivity index (χ0n) is 13.8. The third-order valence-electron chi connectivity index (χ3n) is 4.67. The summed E-state index contributed by atoms with van der Waals surface area (Å²) in [5.41, 5.74) is 2.34. The van der Waals surface area contributed by atoms with Gasteiger partial charge >= 0.3 is 0 Å². The molecule has 0 amide bonds. The largest absolute Gasteiger partial charge is 0.395 e. The van der Waals surface area contributed by atoms with E-state index in [1.54, 1.807) is 0 Å². The predicted octanol–water partition coefficient (Wildman–Crippen LogP) is 1.76. The number of aliphatic hydroxyl groups excluding tert-OH is 1. The van der Waals surface area contributed by atoms with E-state index in [-0.39, 0.29) is 6.61 Å². The van der Waals surface area contributed by atoms with Crippen molar-refractivity contribution < 1.29 is 5.11 Å². The molecule has 2 aromatic rings. The number of nitrogens with zero attached hydrogens (tertiary/aromatic N) is 4. The molecule has 5 nitrogen and oxygen atoms in total. The van der Waals surface area contributed by atoms with E-state index in [4.69, 9.17) is 0 Å². The summed E-state index contributed by atoms with van der Waals surface area (Å²) in [4.78, 5) is 4.87. The van der Waals surface area contributed by atoms with E-state index in [0.29, 0.717) is 6.04 Å². The lowest BCUT2D eigenvalue weighted by molar-refractivity contribution is 0.0608. The van der Waals surface area contributed by atoms with Crippen LogP contribution in [0.25, 0.3) is 5.69 Å². The monoisotopic (exact) mass is 314 g/mol. The molecule has 1 atom stereocenters. The van der Waals surface area contributed by atoms with Crippen LogP contribution in [0.2, 0.25) is 0 Å². The fourth-order valence-corrected chi connectivity index (χ4v) is 3.21. The Kier molecular flexibility index (Phi) is 5.43. The molecule has 5 heteroatoms. The second-order valence-corrected chi connectivity index (χ2v) is 6.19. The van der Waals surface area contributed by atoms with E-state index in [1.165, 1.54) is 5.56 Å². The summed E-state index contributed by atoms with van der Waals surface area (Å²) in [6, 6.07) is 10.5. The van der Waals surface area contributed by atoms with Gasteiger partial charge in [0.1, 0.15) is 0 Å². The van der Waals surface area contributed by atoms with Crippen LogP contribution in [-0.2, 0) is 6.54 Å². The third kappa shape index (κ3) is 3.99. The molecule has 0 radical (unpaired) electrons. The Bertz CT molecular complexity index is 586. The third-order valence-corrected chi connectivity index (χ3v) is 4.67. The summed E-state index contributed by atoms with van der Waals surface area (Å²) < 4.78 is 1.93. The Balaban J connectivity index is 1.54. The molecular weight excluding hydrogens is 288 g/mol. The summed E-state index contributed by atoms with van der Waals surface area (Å²) in [5.74, 6) is 0. The fourth-order valence-electron chi connectivity index (χ4n) is 3.21. The normalized spacial score (nSPS) is 18.2. The van der Waals surface area contributed by atoms with Crippen LogP contribution in [0.15, 0.2) is 42.7 Å². The average molecular weight is 314 g/mol. The van der Waals surface area contributed by atoms with Crippen molar-refractivity contribution in [3.05, 3.63) is 48.3 Å². The highest BCUT2D eigenvalue weighted by Crippen LogP contribution is 2.13. The summed E-state index contributed by atoms with van der Waals surface area (Å²) in [6.07, 6.45) is 5.09. The van der Waals surface area contributed by atoms with Gasteiger partial charge in [0, 0.05) is 50.5 Å². The Hall–Kier alpha value is -1.69. The van der Waals surface area contributed by atoms with Crippen molar-refractivity contribution in [3.8, 4) is 5.69 Å². The minimum Gasteiger partial charge on any atom is -0.395 e. The van der Waals surface area contributed by atoms with Crippen molar-refractivity contribution >= 4 is 0 Å². The summed E-state index contributed by atoms with van der Waals surface area (Å²) >= 11 is 0. The number of para-hydroxylation sites is 1. The van der Waals surface area contributed by atoms with Gasteiger partial charge in [-0.1, -0.05) is 25.1 Å². The molecule has 0 aliphatic carbocycles. The van der Waals surface area contributed by atoms with Gasteiger partial charge in [0.25, 0.3) is 0 Å². The highest BCUT2D eigenvalue weighted by molar-refractivity contribution is 5.30. The van der Waals surface area contributed by atoms with Gasteiger partial charge in [-0.15, -0.1) is 0 Å². The molecule has 23 heavy (non-hydrogen) atoms. The first-order valence-electron chi connectivity index (χ1n) is 8.46. The maximum Gasteiger partial charge on any atom is 0.0645 e. The quantitative estimate of drug-likeness (QED) is 0.882. The summed E-state index contributed by atoms with van der Waals surface area (Å²) in [5, 5.41) is 13.9. The molecule has 0 spiro atoms. The van der Waals surface area contributed by atoms with Gasteiger partial charge in [-0.05, 0) is 18.6 Å². The highest BCUT2D eigenvalue weighted by Gasteiger charge is 2.22. The van der Waals surface area contributed by atoms with Crippen LogP contribution in [0, 0.1) is 0 Å². The predicted molar refractivity (Wildman–Crippen MR) is 91.6 cm³/mol. The second kappa shape index (κ2) is 7.73. The number of piperazine rings is 1. The van der Waals surface area contributed by atoms with Gasteiger partial charge in [0.05, 0.1) is 18.5 Å². The molecule has 0 bridgehead atoms. The molecule has 1 aliphatic heterocycles. The van der Waals surface area contributed by atoms with Crippen LogP contribution >= 0.6 is 0 Å². The van der Waals surface area contributed by atoms with Crippen molar-refractivity contribution in [2.75, 3.05) is 32.8 Å². The SMILES string of the molecule is CCC(CO)N1CCN(Cc2cnn(-c3ccccc3)c2)CC1. The van der Waals surface area contributed by atoms with Crippen LogP contribution in [0.1, 0.15) is 18.9 Å². The molecule has 0 saturated carbocycles. The van der Waals surface area contributed by atoms with Crippen molar-refractivity contribution in [3.63, 3.8) is 0 Å². The molecular formula is C18H26N4O. The van der Waals surface area contributed by atoms with Crippen LogP contribution in [0.3, 0.4) is 0 Å². The number of rotatable bonds is 6. The molecule has 1 unspecified atom stereocenters. The molecule has 1 N–H and O–H groups in total. The van der Waals surface area contributed by atoms with E-state index in [1.807, 2.05) is 29.1 Å². The fraction of sp³-hybridized carbons (Fsp3) is 0.500. The Labute approximate surface area is 138 Å². The number of aromatic nitrogens is 2. The van der Waals surface area contributed by atoms with Crippen molar-refractivity contribution in [1.82, 2.24) is 19.6 Å². The first-order valence-corrected chi connectivity index (χ1v) is 8.46. The molecule has 1 aliphatic rings. The lowest BCUT2D eigenvalue weighted by atomic mass is 10.1. The summed E-state index contributed by atoms with van der Waals surface area (Å²) in [7, 11) is 0. The van der Waals surface area contributed by atoms with E-state index in [2.05, 4.69) is 40.2 Å². The zero-order chi connectivity index (χ0) is 16.1.